The molecule has 52 heavy (non-hydrogen) atoms. The van der Waals surface area contributed by atoms with E-state index >= 15 is 0 Å². The molecule has 0 radical (unpaired) electrons. The second-order valence-electron chi connectivity index (χ2n) is 12.7. The maximum Gasteiger partial charge on any atom is 0.224 e. The summed E-state index contributed by atoms with van der Waals surface area (Å²) in [6.45, 7) is 0.429. The number of amides is 2. The highest BCUT2D eigenvalue weighted by Crippen LogP contribution is 2.39. The summed E-state index contributed by atoms with van der Waals surface area (Å²) in [6, 6.07) is 31.4. The zero-order valence-corrected chi connectivity index (χ0v) is 29.7. The van der Waals surface area contributed by atoms with E-state index in [1.807, 2.05) is 60.7 Å². The summed E-state index contributed by atoms with van der Waals surface area (Å²) >= 11 is 1.56. The Balaban J connectivity index is 0.989. The normalized spacial score (nSPS) is 17.1. The van der Waals surface area contributed by atoms with E-state index in [0.29, 0.717) is 55.8 Å². The van der Waals surface area contributed by atoms with E-state index in [-0.39, 0.29) is 30.6 Å². The molecule has 1 fully saturated rings. The van der Waals surface area contributed by atoms with Crippen molar-refractivity contribution in [2.45, 2.75) is 75.3 Å². The third-order valence-electron chi connectivity index (χ3n) is 8.89. The number of nitrogen functional groups attached to an aromatic ring is 1. The zero-order chi connectivity index (χ0) is 36.1. The minimum Gasteiger partial charge on any atom is -0.397 e. The van der Waals surface area contributed by atoms with Crippen molar-refractivity contribution in [3.8, 4) is 11.1 Å². The molecule has 12 heteroatoms. The second kappa shape index (κ2) is 18.5. The number of rotatable bonds is 16. The number of aliphatic hydroxyl groups excluding tert-OH is 1. The first-order chi connectivity index (χ1) is 25.4. The number of carbonyl (C=O) groups is 2. The lowest BCUT2D eigenvalue weighted by atomic mass is 9.99. The van der Waals surface area contributed by atoms with Gasteiger partial charge in [0, 0.05) is 37.1 Å². The van der Waals surface area contributed by atoms with Gasteiger partial charge in [0.05, 0.1) is 30.2 Å². The smallest absolute Gasteiger partial charge is 0.224 e. The van der Waals surface area contributed by atoms with Crippen molar-refractivity contribution < 1.29 is 24.2 Å². The van der Waals surface area contributed by atoms with Crippen LogP contribution in [0.4, 0.5) is 11.4 Å². The lowest BCUT2D eigenvalue weighted by Gasteiger charge is -2.36. The number of benzene rings is 4. The number of hydrogen-bond donors (Lipinski definition) is 5. The molecule has 0 bridgehead atoms. The molecule has 1 saturated heterocycles. The summed E-state index contributed by atoms with van der Waals surface area (Å²) in [4.78, 5) is 29.0. The predicted octanol–water partition coefficient (Wildman–Crippen LogP) is 7.09. The van der Waals surface area contributed by atoms with E-state index in [9.17, 15) is 14.7 Å². The highest BCUT2D eigenvalue weighted by atomic mass is 32.2. The Morgan fingerprint density at radius 1 is 0.846 bits per heavy atom. The Bertz CT molecular complexity index is 1890. The first kappa shape index (κ1) is 36.8. The zero-order valence-electron chi connectivity index (χ0n) is 28.9. The highest BCUT2D eigenvalue weighted by Gasteiger charge is 2.32. The molecule has 2 amide bonds. The molecule has 1 aliphatic rings. The Hall–Kier alpha value is -5.01. The molecule has 6 rings (SSSR count). The summed E-state index contributed by atoms with van der Waals surface area (Å²) < 4.78 is 13.0. The Labute approximate surface area is 307 Å². The number of nitrogens with zero attached hydrogens (tertiary/aromatic N) is 2. The van der Waals surface area contributed by atoms with Gasteiger partial charge in [-0.2, -0.15) is 5.10 Å². The quantitative estimate of drug-likeness (QED) is 0.0407. The van der Waals surface area contributed by atoms with Crippen molar-refractivity contribution in [3.63, 3.8) is 0 Å². The number of H-pyrrole nitrogens is 1. The summed E-state index contributed by atoms with van der Waals surface area (Å²) in [5.74, 6) is 0.598. The van der Waals surface area contributed by atoms with Crippen molar-refractivity contribution in [1.82, 2.24) is 20.5 Å². The van der Waals surface area contributed by atoms with Crippen LogP contribution in [0.1, 0.15) is 73.2 Å². The summed E-state index contributed by atoms with van der Waals surface area (Å²) in [6.07, 6.45) is 4.35. The molecular formula is C40H44N6O5S. The number of ether oxygens (including phenoxy) is 2. The minimum absolute atomic E-state index is 0.00512. The molecule has 3 atom stereocenters. The van der Waals surface area contributed by atoms with Crippen LogP contribution in [0.15, 0.2) is 109 Å². The van der Waals surface area contributed by atoms with Gasteiger partial charge in [-0.05, 0) is 58.9 Å². The fraction of sp³-hybridized carbons (Fsp3) is 0.300. The van der Waals surface area contributed by atoms with Gasteiger partial charge < -0.3 is 30.9 Å². The van der Waals surface area contributed by atoms with Crippen LogP contribution in [-0.2, 0) is 32.2 Å². The summed E-state index contributed by atoms with van der Waals surface area (Å²) in [5.41, 5.74) is 13.0. The fourth-order valence-corrected chi connectivity index (χ4v) is 6.81. The van der Waals surface area contributed by atoms with E-state index in [1.54, 1.807) is 23.9 Å². The molecule has 6 N–H and O–H groups in total. The molecule has 1 aliphatic heterocycles. The minimum atomic E-state index is -0.557. The SMILES string of the molecule is Nc1ccccc1NC(=O)CCCCCC(=O)NCc1cccc(-c2ccc([C@H]3O[C@@H](CSc4ncn[nH]4)C[C@@H](c4ccc(CO)cc4)O3)cc2)c1. The van der Waals surface area contributed by atoms with E-state index in [1.165, 1.54) is 6.33 Å². The average molecular weight is 721 g/mol. The number of para-hydroxylation sites is 2. The van der Waals surface area contributed by atoms with E-state index in [4.69, 9.17) is 15.2 Å². The van der Waals surface area contributed by atoms with Crippen LogP contribution in [0.5, 0.6) is 0 Å². The third-order valence-corrected chi connectivity index (χ3v) is 9.90. The monoisotopic (exact) mass is 720 g/mol. The van der Waals surface area contributed by atoms with E-state index in [2.05, 4.69) is 50.1 Å². The number of hydrogen-bond acceptors (Lipinski definition) is 9. The number of anilines is 2. The van der Waals surface area contributed by atoms with Gasteiger partial charge in [-0.3, -0.25) is 14.7 Å². The molecule has 270 valence electrons. The lowest BCUT2D eigenvalue weighted by molar-refractivity contribution is -0.245. The van der Waals surface area contributed by atoms with Crippen LogP contribution in [0.25, 0.3) is 11.1 Å². The Morgan fingerprint density at radius 2 is 1.62 bits per heavy atom. The van der Waals surface area contributed by atoms with Crippen LogP contribution in [0.3, 0.4) is 0 Å². The van der Waals surface area contributed by atoms with Gasteiger partial charge in [-0.25, -0.2) is 4.98 Å². The van der Waals surface area contributed by atoms with Gasteiger partial charge >= 0.3 is 0 Å². The highest BCUT2D eigenvalue weighted by molar-refractivity contribution is 7.99. The molecule has 11 nitrogen and oxygen atoms in total. The number of aromatic amines is 1. The van der Waals surface area contributed by atoms with Crippen LogP contribution >= 0.6 is 11.8 Å². The molecule has 0 spiro atoms. The Morgan fingerprint density at radius 3 is 2.37 bits per heavy atom. The molecule has 5 aromatic rings. The predicted molar refractivity (Wildman–Crippen MR) is 202 cm³/mol. The van der Waals surface area contributed by atoms with Crippen molar-refractivity contribution in [1.29, 1.82) is 0 Å². The van der Waals surface area contributed by atoms with Crippen molar-refractivity contribution in [3.05, 3.63) is 126 Å². The van der Waals surface area contributed by atoms with E-state index in [0.717, 1.165) is 45.0 Å². The molecule has 4 aromatic carbocycles. The van der Waals surface area contributed by atoms with Crippen LogP contribution in [0.2, 0.25) is 0 Å². The van der Waals surface area contributed by atoms with E-state index < -0.39 is 6.29 Å². The first-order valence-electron chi connectivity index (χ1n) is 17.5. The van der Waals surface area contributed by atoms with Crippen LogP contribution < -0.4 is 16.4 Å². The molecule has 0 unspecified atom stereocenters. The van der Waals surface area contributed by atoms with Crippen LogP contribution in [-0.4, -0.2) is 44.0 Å². The third kappa shape index (κ3) is 10.5. The topological polar surface area (TPSA) is 164 Å². The number of thioether (sulfide) groups is 1. The van der Waals surface area contributed by atoms with Gasteiger partial charge in [-0.1, -0.05) is 97.0 Å². The average Bonchev–Trinajstić information content (AvgIpc) is 3.71. The number of aromatic nitrogens is 3. The molecule has 0 saturated carbocycles. The van der Waals surface area contributed by atoms with Gasteiger partial charge in [0.25, 0.3) is 0 Å². The first-order valence-corrected chi connectivity index (χ1v) is 18.5. The fourth-order valence-electron chi connectivity index (χ4n) is 6.01. The largest absolute Gasteiger partial charge is 0.397 e. The van der Waals surface area contributed by atoms with Gasteiger partial charge in [0.2, 0.25) is 11.8 Å². The van der Waals surface area contributed by atoms with Crippen molar-refractivity contribution >= 4 is 35.0 Å². The molecule has 2 heterocycles. The van der Waals surface area contributed by atoms with Crippen molar-refractivity contribution in [2.24, 2.45) is 0 Å². The maximum absolute atomic E-state index is 12.6. The van der Waals surface area contributed by atoms with Gasteiger partial charge in [-0.15, -0.1) is 0 Å². The standard InChI is InChI=1S/C40H44N6O5S/c41-34-9-4-5-10-35(34)45-38(49)12-3-1-2-11-37(48)42-23-28-7-6-8-32(21-28)29-17-19-31(20-18-29)39-50-33(25-52-40-43-26-44-46-40)22-36(51-39)30-15-13-27(24-47)14-16-30/h4-10,13-21,26,33,36,39,47H,1-3,11-12,22-25,41H2,(H,42,48)(H,45,49)(H,43,44,46)/t33-,36+,39+/m1/s1. The molecule has 0 aliphatic carbocycles. The Kier molecular flexibility index (Phi) is 13.1. The molecule has 1 aromatic heterocycles. The van der Waals surface area contributed by atoms with Gasteiger partial charge in [0.1, 0.15) is 6.33 Å². The van der Waals surface area contributed by atoms with Gasteiger partial charge in [0.15, 0.2) is 11.4 Å². The van der Waals surface area contributed by atoms with Crippen LogP contribution in [0, 0.1) is 0 Å². The second-order valence-corrected chi connectivity index (χ2v) is 13.8. The number of nitrogens with two attached hydrogens (primary N) is 1. The number of nitrogens with one attached hydrogen (secondary N) is 3. The lowest BCUT2D eigenvalue weighted by Crippen LogP contribution is -2.31. The number of carbonyl (C=O) groups excluding carboxylic acids is 2. The number of aliphatic hydroxyl groups is 1. The number of unbranched alkanes of at least 4 members (excludes halogenated alkanes) is 2. The summed E-state index contributed by atoms with van der Waals surface area (Å²) in [7, 11) is 0. The summed E-state index contributed by atoms with van der Waals surface area (Å²) in [5, 5.41) is 22.9. The van der Waals surface area contributed by atoms with Crippen molar-refractivity contribution in [2.75, 3.05) is 16.8 Å². The maximum atomic E-state index is 12.6. The molecular weight excluding hydrogens is 677 g/mol.